The molecule has 0 unspecified atom stereocenters. The first kappa shape index (κ1) is 4.49. The number of fused-ring (bicyclic) bond motifs is 1. The second-order valence-corrected chi connectivity index (χ2v) is 1.83. The number of aliphatic imine (C=N–C) groups is 1. The van der Waals surface area contributed by atoms with Gasteiger partial charge in [-0.1, -0.05) is 0 Å². The Labute approximate surface area is 52.1 Å². The van der Waals surface area contributed by atoms with Crippen LogP contribution in [0, 0.1) is 0 Å². The van der Waals surface area contributed by atoms with Gasteiger partial charge in [0.2, 0.25) is 6.20 Å². The fraction of sp³-hybridized carbons (Fsp3) is 0. The number of hydrogen-bond acceptors (Lipinski definition) is 2. The van der Waals surface area contributed by atoms with Gasteiger partial charge in [0, 0.05) is 6.08 Å². The Hall–Kier alpha value is -1.38. The molecule has 0 spiro atoms. The van der Waals surface area contributed by atoms with Crippen LogP contribution in [0.2, 0.25) is 0 Å². The Morgan fingerprint density at radius 2 is 2.56 bits per heavy atom. The van der Waals surface area contributed by atoms with Gasteiger partial charge in [-0.3, -0.25) is 5.10 Å². The quantitative estimate of drug-likeness (QED) is 0.519. The van der Waals surface area contributed by atoms with E-state index in [2.05, 4.69) is 15.2 Å². The predicted molar refractivity (Wildman–Crippen MR) is 34.9 cm³/mol. The molecule has 0 atom stereocenters. The number of hydrogen-bond donors (Lipinski definition) is 1. The molecule has 2 rings (SSSR count). The van der Waals surface area contributed by atoms with Crippen LogP contribution in [0.15, 0.2) is 12.4 Å². The number of nitrogens with zero attached hydrogens (tertiary/aromatic N) is 2. The van der Waals surface area contributed by atoms with Crippen LogP contribution >= 0.6 is 0 Å². The molecule has 1 N–H and O–H groups in total. The van der Waals surface area contributed by atoms with E-state index in [4.69, 9.17) is 0 Å². The minimum atomic E-state index is 1.03. The van der Waals surface area contributed by atoms with Crippen LogP contribution in [0.4, 0.5) is 0 Å². The van der Waals surface area contributed by atoms with Gasteiger partial charge in [-0.2, -0.15) is 5.10 Å². The summed E-state index contributed by atoms with van der Waals surface area (Å²) in [7, 11) is 0. The van der Waals surface area contributed by atoms with Crippen LogP contribution in [0.1, 0.15) is 11.3 Å². The summed E-state index contributed by atoms with van der Waals surface area (Å²) >= 11 is 0. The summed E-state index contributed by atoms with van der Waals surface area (Å²) in [4.78, 5) is 3.93. The lowest BCUT2D eigenvalue weighted by Gasteiger charge is -1.83. The number of nitrogens with one attached hydrogen (secondary N) is 1. The van der Waals surface area contributed by atoms with Crippen molar-refractivity contribution in [1.29, 1.82) is 0 Å². The molecule has 0 aliphatic carbocycles. The molecule has 9 heavy (non-hydrogen) atoms. The van der Waals surface area contributed by atoms with Gasteiger partial charge in [0.1, 0.15) is 0 Å². The average molecular weight is 119 g/mol. The molecule has 1 aromatic rings. The second kappa shape index (κ2) is 1.55. The van der Waals surface area contributed by atoms with E-state index in [1.54, 1.807) is 18.6 Å². The first-order valence-corrected chi connectivity index (χ1v) is 2.70. The van der Waals surface area contributed by atoms with Gasteiger partial charge in [0.25, 0.3) is 6.21 Å². The average Bonchev–Trinajstić information content (AvgIpc) is 2.33. The standard InChI is InChI=1S/C6H5N3/c1-2-7-3-5-4-8-9-6(1)5/h1-4H,(H,8,9)/q+1. The monoisotopic (exact) mass is 119 g/mol. The maximum absolute atomic E-state index is 3.93. The maximum atomic E-state index is 3.93. The smallest absolute Gasteiger partial charge is 0.253 e. The van der Waals surface area contributed by atoms with Crippen molar-refractivity contribution in [2.75, 3.05) is 0 Å². The molecule has 1 aliphatic rings. The fourth-order valence-electron chi connectivity index (χ4n) is 0.783. The van der Waals surface area contributed by atoms with E-state index in [-0.39, 0.29) is 0 Å². The predicted octanol–water partition coefficient (Wildman–Crippen LogP) is 0.149. The third-order valence-electron chi connectivity index (χ3n) is 1.24. The molecule has 0 bridgehead atoms. The number of H-pyrrole nitrogens is 1. The summed E-state index contributed by atoms with van der Waals surface area (Å²) in [6.45, 7) is 0. The van der Waals surface area contributed by atoms with Gasteiger partial charge in [0.05, 0.1) is 22.4 Å². The number of aromatic nitrogens is 2. The first-order chi connectivity index (χ1) is 4.47. The molecular formula is C6H5N3+. The van der Waals surface area contributed by atoms with E-state index in [1.165, 1.54) is 0 Å². The second-order valence-electron chi connectivity index (χ2n) is 1.83. The molecule has 0 fully saturated rings. The summed E-state index contributed by atoms with van der Waals surface area (Å²) < 4.78 is 0. The Balaban J connectivity index is 2.68. The SMILES string of the molecule is C1=Cc2[nH]ncc2C=[N+]1. The lowest BCUT2D eigenvalue weighted by molar-refractivity contribution is 1.08. The Morgan fingerprint density at radius 3 is 3.44 bits per heavy atom. The minimum absolute atomic E-state index is 1.03. The Bertz CT molecular complexity index is 243. The van der Waals surface area contributed by atoms with Crippen molar-refractivity contribution in [3.05, 3.63) is 23.7 Å². The molecule has 0 saturated heterocycles. The van der Waals surface area contributed by atoms with Crippen LogP contribution < -0.4 is 4.99 Å². The van der Waals surface area contributed by atoms with E-state index in [9.17, 15) is 0 Å². The lowest BCUT2D eigenvalue weighted by atomic mass is 10.2. The van der Waals surface area contributed by atoms with Crippen molar-refractivity contribution < 1.29 is 0 Å². The molecule has 3 heteroatoms. The molecule has 2 heterocycles. The zero-order valence-corrected chi connectivity index (χ0v) is 4.70. The van der Waals surface area contributed by atoms with E-state index >= 15 is 0 Å². The summed E-state index contributed by atoms with van der Waals surface area (Å²) in [5, 5.41) is 6.67. The van der Waals surface area contributed by atoms with E-state index < -0.39 is 0 Å². The van der Waals surface area contributed by atoms with Gasteiger partial charge in [-0.25, -0.2) is 0 Å². The van der Waals surface area contributed by atoms with Gasteiger partial charge < -0.3 is 0 Å². The summed E-state index contributed by atoms with van der Waals surface area (Å²) in [6, 6.07) is 0. The van der Waals surface area contributed by atoms with Crippen molar-refractivity contribution in [2.45, 2.75) is 0 Å². The van der Waals surface area contributed by atoms with E-state index in [0.29, 0.717) is 0 Å². The molecule has 1 aromatic heterocycles. The summed E-state index contributed by atoms with van der Waals surface area (Å²) in [5.41, 5.74) is 2.09. The Kier molecular flexibility index (Phi) is 0.773. The zero-order valence-electron chi connectivity index (χ0n) is 4.70. The van der Waals surface area contributed by atoms with Crippen LogP contribution in [0.25, 0.3) is 6.08 Å². The highest BCUT2D eigenvalue weighted by Gasteiger charge is 2.07. The normalized spacial score (nSPS) is 13.8. The van der Waals surface area contributed by atoms with Crippen LogP contribution in [0.3, 0.4) is 0 Å². The van der Waals surface area contributed by atoms with E-state index in [1.807, 2.05) is 6.08 Å². The Morgan fingerprint density at radius 1 is 1.56 bits per heavy atom. The van der Waals surface area contributed by atoms with Crippen LogP contribution in [-0.4, -0.2) is 16.4 Å². The molecule has 1 radical (unpaired) electrons. The zero-order chi connectivity index (χ0) is 6.10. The van der Waals surface area contributed by atoms with Crippen molar-refractivity contribution >= 4 is 12.3 Å². The largest absolute Gasteiger partial charge is 0.277 e. The summed E-state index contributed by atoms with van der Waals surface area (Å²) in [6.07, 6.45) is 7.16. The third kappa shape index (κ3) is 0.579. The molecule has 1 aliphatic heterocycles. The molecule has 43 valence electrons. The first-order valence-electron chi connectivity index (χ1n) is 2.70. The molecule has 0 amide bonds. The highest BCUT2D eigenvalue weighted by atomic mass is 15.1. The van der Waals surface area contributed by atoms with Gasteiger partial charge in [0.15, 0.2) is 0 Å². The van der Waals surface area contributed by atoms with Crippen molar-refractivity contribution in [3.8, 4) is 0 Å². The van der Waals surface area contributed by atoms with Gasteiger partial charge in [-0.05, 0) is 0 Å². The number of aromatic amines is 1. The molecule has 0 saturated carbocycles. The van der Waals surface area contributed by atoms with Crippen molar-refractivity contribution in [1.82, 2.24) is 15.2 Å². The highest BCUT2D eigenvalue weighted by Crippen LogP contribution is 2.04. The maximum Gasteiger partial charge on any atom is 0.253 e. The molecule has 3 nitrogen and oxygen atoms in total. The fourth-order valence-corrected chi connectivity index (χ4v) is 0.783. The molecule has 0 aromatic carbocycles. The minimum Gasteiger partial charge on any atom is -0.277 e. The lowest BCUT2D eigenvalue weighted by Crippen LogP contribution is -1.92. The van der Waals surface area contributed by atoms with Crippen LogP contribution in [-0.2, 0) is 0 Å². The topological polar surface area (TPSA) is 42.8 Å². The van der Waals surface area contributed by atoms with Crippen molar-refractivity contribution in [3.63, 3.8) is 0 Å². The molecular weight excluding hydrogens is 114 g/mol. The third-order valence-corrected chi connectivity index (χ3v) is 1.24. The summed E-state index contributed by atoms with van der Waals surface area (Å²) in [5.74, 6) is 0. The van der Waals surface area contributed by atoms with Crippen LogP contribution in [0.5, 0.6) is 0 Å². The van der Waals surface area contributed by atoms with E-state index in [0.717, 1.165) is 11.3 Å². The number of rotatable bonds is 0. The van der Waals surface area contributed by atoms with Gasteiger partial charge in [-0.15, -0.1) is 0 Å². The van der Waals surface area contributed by atoms with Gasteiger partial charge >= 0.3 is 0 Å². The van der Waals surface area contributed by atoms with Crippen molar-refractivity contribution in [2.24, 2.45) is 0 Å². The highest BCUT2D eigenvalue weighted by molar-refractivity contribution is 5.85.